The van der Waals surface area contributed by atoms with E-state index in [0.717, 1.165) is 16.9 Å². The zero-order valence-corrected chi connectivity index (χ0v) is 17.1. The average molecular weight is 392 g/mol. The molecule has 0 aromatic heterocycles. The first-order valence-corrected chi connectivity index (χ1v) is 9.18. The van der Waals surface area contributed by atoms with Crippen LogP contribution in [0.3, 0.4) is 0 Å². The van der Waals surface area contributed by atoms with Crippen LogP contribution in [0, 0.1) is 13.8 Å². The Balaban J connectivity index is 1.84. The van der Waals surface area contributed by atoms with Crippen molar-refractivity contribution in [2.45, 2.75) is 39.8 Å². The van der Waals surface area contributed by atoms with Crippen molar-refractivity contribution in [3.8, 4) is 17.2 Å². The molecular formula is C21H26ClNO4. The molecule has 0 aliphatic heterocycles. The summed E-state index contributed by atoms with van der Waals surface area (Å²) in [6.45, 7) is 7.76. The molecule has 1 N–H and O–H groups in total. The minimum absolute atomic E-state index is 0.167. The second-order valence-electron chi connectivity index (χ2n) is 6.53. The van der Waals surface area contributed by atoms with E-state index in [1.165, 1.54) is 0 Å². The van der Waals surface area contributed by atoms with E-state index in [1.807, 2.05) is 57.2 Å². The fraction of sp³-hybridized carbons (Fsp3) is 0.381. The Bertz CT molecular complexity index is 753. The third kappa shape index (κ3) is 6.07. The summed E-state index contributed by atoms with van der Waals surface area (Å²) in [5, 5.41) is 3.61. The summed E-state index contributed by atoms with van der Waals surface area (Å²) in [5.74, 6) is 1.90. The highest BCUT2D eigenvalue weighted by atomic mass is 35.5. The number of amides is 1. The van der Waals surface area contributed by atoms with Gasteiger partial charge in [0.2, 0.25) is 0 Å². The Morgan fingerprint density at radius 1 is 1.04 bits per heavy atom. The van der Waals surface area contributed by atoms with Gasteiger partial charge in [-0.2, -0.15) is 0 Å². The molecule has 1 amide bonds. The lowest BCUT2D eigenvalue weighted by Gasteiger charge is -2.20. The molecule has 2 atom stereocenters. The van der Waals surface area contributed by atoms with Crippen molar-refractivity contribution >= 4 is 17.5 Å². The van der Waals surface area contributed by atoms with Crippen LogP contribution >= 0.6 is 11.6 Å². The van der Waals surface area contributed by atoms with Crippen LogP contribution in [0.25, 0.3) is 0 Å². The van der Waals surface area contributed by atoms with E-state index in [-0.39, 0.29) is 11.9 Å². The van der Waals surface area contributed by atoms with Gasteiger partial charge in [-0.1, -0.05) is 11.6 Å². The summed E-state index contributed by atoms with van der Waals surface area (Å²) in [6, 6.07) is 10.8. The van der Waals surface area contributed by atoms with Crippen molar-refractivity contribution in [2.24, 2.45) is 0 Å². The van der Waals surface area contributed by atoms with E-state index in [1.54, 1.807) is 14.0 Å². The van der Waals surface area contributed by atoms with E-state index < -0.39 is 6.10 Å². The number of benzene rings is 2. The molecule has 2 aromatic rings. The first-order valence-electron chi connectivity index (χ1n) is 8.80. The highest BCUT2D eigenvalue weighted by Gasteiger charge is 2.18. The van der Waals surface area contributed by atoms with Gasteiger partial charge in [0.15, 0.2) is 6.10 Å². The van der Waals surface area contributed by atoms with Crippen molar-refractivity contribution in [1.29, 1.82) is 0 Å². The molecule has 0 heterocycles. The summed E-state index contributed by atoms with van der Waals surface area (Å²) in [4.78, 5) is 12.4. The van der Waals surface area contributed by atoms with Crippen LogP contribution in [0.1, 0.15) is 25.0 Å². The quantitative estimate of drug-likeness (QED) is 0.728. The summed E-state index contributed by atoms with van der Waals surface area (Å²) in [6.07, 6.45) is -0.631. The largest absolute Gasteiger partial charge is 0.497 e. The second kappa shape index (κ2) is 9.51. The number of rotatable bonds is 8. The maximum atomic E-state index is 12.4. The van der Waals surface area contributed by atoms with Gasteiger partial charge >= 0.3 is 0 Å². The van der Waals surface area contributed by atoms with Gasteiger partial charge in [-0.15, -0.1) is 0 Å². The molecule has 0 aliphatic rings. The molecule has 0 saturated heterocycles. The predicted molar refractivity (Wildman–Crippen MR) is 107 cm³/mol. The fourth-order valence-electron chi connectivity index (χ4n) is 2.53. The highest BCUT2D eigenvalue weighted by Crippen LogP contribution is 2.26. The van der Waals surface area contributed by atoms with E-state index in [4.69, 9.17) is 25.8 Å². The second-order valence-corrected chi connectivity index (χ2v) is 6.91. The number of aryl methyl sites for hydroxylation is 2. The molecule has 5 nitrogen and oxygen atoms in total. The average Bonchev–Trinajstić information content (AvgIpc) is 2.64. The number of nitrogens with one attached hydrogen (secondary N) is 1. The monoisotopic (exact) mass is 391 g/mol. The third-order valence-electron chi connectivity index (χ3n) is 4.04. The molecule has 0 aliphatic carbocycles. The van der Waals surface area contributed by atoms with Gasteiger partial charge in [-0.05, 0) is 75.2 Å². The Hall–Kier alpha value is -2.40. The third-order valence-corrected chi connectivity index (χ3v) is 4.64. The van der Waals surface area contributed by atoms with E-state index in [2.05, 4.69) is 5.32 Å². The molecule has 0 radical (unpaired) electrons. The first-order chi connectivity index (χ1) is 12.8. The Labute approximate surface area is 165 Å². The van der Waals surface area contributed by atoms with Crippen molar-refractivity contribution in [3.05, 3.63) is 52.5 Å². The highest BCUT2D eigenvalue weighted by molar-refractivity contribution is 6.32. The van der Waals surface area contributed by atoms with Crippen LogP contribution in [0.2, 0.25) is 5.02 Å². The molecule has 0 saturated carbocycles. The molecule has 2 aromatic carbocycles. The van der Waals surface area contributed by atoms with Crippen molar-refractivity contribution in [2.75, 3.05) is 13.7 Å². The molecule has 0 unspecified atom stereocenters. The molecule has 0 spiro atoms. The summed E-state index contributed by atoms with van der Waals surface area (Å²) >= 11 is 6.16. The number of methoxy groups -OCH3 is 1. The maximum absolute atomic E-state index is 12.4. The van der Waals surface area contributed by atoms with Gasteiger partial charge in [-0.3, -0.25) is 4.79 Å². The molecule has 6 heteroatoms. The van der Waals surface area contributed by atoms with Gasteiger partial charge < -0.3 is 19.5 Å². The topological polar surface area (TPSA) is 56.8 Å². The van der Waals surface area contributed by atoms with Crippen molar-refractivity contribution in [3.63, 3.8) is 0 Å². The molecule has 27 heavy (non-hydrogen) atoms. The molecule has 2 rings (SSSR count). The number of hydrogen-bond donors (Lipinski definition) is 1. The van der Waals surface area contributed by atoms with E-state index >= 15 is 0 Å². The maximum Gasteiger partial charge on any atom is 0.261 e. The molecule has 0 bridgehead atoms. The van der Waals surface area contributed by atoms with E-state index in [0.29, 0.717) is 23.1 Å². The zero-order chi connectivity index (χ0) is 20.0. The SMILES string of the molecule is COc1ccc(OC[C@@H](C)NC(=O)[C@@H](C)Oc2cc(C)c(Cl)c(C)c2)cc1. The van der Waals surface area contributed by atoms with E-state index in [9.17, 15) is 4.79 Å². The number of carbonyl (C=O) groups is 1. The van der Waals surface area contributed by atoms with Crippen LogP contribution in [0.4, 0.5) is 0 Å². The smallest absolute Gasteiger partial charge is 0.261 e. The first kappa shape index (κ1) is 20.9. The Morgan fingerprint density at radius 2 is 1.59 bits per heavy atom. The molecule has 0 fully saturated rings. The number of carbonyl (C=O) groups excluding carboxylic acids is 1. The number of ether oxygens (including phenoxy) is 3. The van der Waals surface area contributed by atoms with Gasteiger partial charge in [0, 0.05) is 5.02 Å². The summed E-state index contributed by atoms with van der Waals surface area (Å²) in [5.41, 5.74) is 1.83. The van der Waals surface area contributed by atoms with Crippen LogP contribution in [0.15, 0.2) is 36.4 Å². The summed E-state index contributed by atoms with van der Waals surface area (Å²) < 4.78 is 16.6. The lowest BCUT2D eigenvalue weighted by atomic mass is 10.1. The standard InChI is InChI=1S/C21H26ClNO4/c1-13-10-19(11-14(2)20(13)22)27-16(4)21(24)23-15(3)12-26-18-8-6-17(25-5)7-9-18/h6-11,15-16H,12H2,1-5H3,(H,23,24)/t15-,16-/m1/s1. The van der Waals surface area contributed by atoms with Gasteiger partial charge in [-0.25, -0.2) is 0 Å². The minimum atomic E-state index is -0.631. The van der Waals surface area contributed by atoms with Crippen LogP contribution in [-0.2, 0) is 4.79 Å². The number of halogens is 1. The molecule has 146 valence electrons. The van der Waals surface area contributed by atoms with Crippen molar-refractivity contribution in [1.82, 2.24) is 5.32 Å². The fourth-order valence-corrected chi connectivity index (χ4v) is 2.64. The number of hydrogen-bond acceptors (Lipinski definition) is 4. The van der Waals surface area contributed by atoms with Crippen LogP contribution in [-0.4, -0.2) is 31.8 Å². The van der Waals surface area contributed by atoms with Crippen molar-refractivity contribution < 1.29 is 19.0 Å². The van der Waals surface area contributed by atoms with Gasteiger partial charge in [0.05, 0.1) is 13.2 Å². The lowest BCUT2D eigenvalue weighted by molar-refractivity contribution is -0.128. The Morgan fingerprint density at radius 3 is 2.15 bits per heavy atom. The lowest BCUT2D eigenvalue weighted by Crippen LogP contribution is -2.43. The Kier molecular flexibility index (Phi) is 7.36. The normalized spacial score (nSPS) is 12.8. The molecular weight excluding hydrogens is 366 g/mol. The zero-order valence-electron chi connectivity index (χ0n) is 16.3. The van der Waals surface area contributed by atoms with Gasteiger partial charge in [0.25, 0.3) is 5.91 Å². The minimum Gasteiger partial charge on any atom is -0.497 e. The predicted octanol–water partition coefficient (Wildman–Crippen LogP) is 4.32. The van der Waals surface area contributed by atoms with Gasteiger partial charge in [0.1, 0.15) is 23.9 Å². The van der Waals surface area contributed by atoms with Crippen LogP contribution in [0.5, 0.6) is 17.2 Å². The summed E-state index contributed by atoms with van der Waals surface area (Å²) in [7, 11) is 1.61. The van der Waals surface area contributed by atoms with Crippen LogP contribution < -0.4 is 19.5 Å².